The highest BCUT2D eigenvalue weighted by molar-refractivity contribution is 5.60. The van der Waals surface area contributed by atoms with Gasteiger partial charge in [0.1, 0.15) is 11.5 Å². The molecule has 0 aliphatic carbocycles. The highest BCUT2D eigenvalue weighted by Gasteiger charge is 2.27. The molecule has 1 heterocycles. The summed E-state index contributed by atoms with van der Waals surface area (Å²) >= 11 is 0. The first-order valence-electron chi connectivity index (χ1n) is 9.20. The summed E-state index contributed by atoms with van der Waals surface area (Å²) in [7, 11) is 0. The van der Waals surface area contributed by atoms with Gasteiger partial charge in [-0.05, 0) is 53.3 Å². The number of nitrogens with zero attached hydrogens (tertiary/aromatic N) is 2. The van der Waals surface area contributed by atoms with Crippen LogP contribution >= 0.6 is 0 Å². The second-order valence-corrected chi connectivity index (χ2v) is 9.08. The van der Waals surface area contributed by atoms with Gasteiger partial charge < -0.3 is 10.2 Å². The minimum atomic E-state index is -0.187. The van der Waals surface area contributed by atoms with Gasteiger partial charge in [0.15, 0.2) is 0 Å². The monoisotopic (exact) mass is 364 g/mol. The van der Waals surface area contributed by atoms with Gasteiger partial charge in [-0.15, -0.1) is 0 Å². The third-order valence-corrected chi connectivity index (χ3v) is 4.73. The number of hydrogen-bond donors (Lipinski definition) is 2. The molecule has 142 valence electrons. The lowest BCUT2D eigenvalue weighted by Gasteiger charge is -2.28. The highest BCUT2D eigenvalue weighted by atomic mass is 16.3. The van der Waals surface area contributed by atoms with Crippen molar-refractivity contribution < 1.29 is 10.2 Å². The zero-order chi connectivity index (χ0) is 20.0. The summed E-state index contributed by atoms with van der Waals surface area (Å²) in [5.41, 5.74) is 4.14. The van der Waals surface area contributed by atoms with Crippen molar-refractivity contribution in [3.8, 4) is 28.4 Å². The Morgan fingerprint density at radius 1 is 0.778 bits per heavy atom. The molecule has 0 amide bonds. The zero-order valence-corrected chi connectivity index (χ0v) is 16.9. The predicted octanol–water partition coefficient (Wildman–Crippen LogP) is 5.55. The molecule has 0 spiro atoms. The van der Waals surface area contributed by atoms with Crippen LogP contribution in [0.3, 0.4) is 0 Å². The maximum absolute atomic E-state index is 10.9. The van der Waals surface area contributed by atoms with Crippen LogP contribution in [0.2, 0.25) is 0 Å². The van der Waals surface area contributed by atoms with Crippen LogP contribution in [-0.2, 0) is 10.8 Å². The quantitative estimate of drug-likeness (QED) is 0.627. The zero-order valence-electron chi connectivity index (χ0n) is 16.9. The molecular formula is C23H28N2O2. The van der Waals surface area contributed by atoms with Gasteiger partial charge in [-0.2, -0.15) is 5.10 Å². The van der Waals surface area contributed by atoms with E-state index in [1.54, 1.807) is 12.1 Å². The van der Waals surface area contributed by atoms with Crippen LogP contribution in [0.1, 0.15) is 52.7 Å². The van der Waals surface area contributed by atoms with E-state index in [9.17, 15) is 10.2 Å². The van der Waals surface area contributed by atoms with Gasteiger partial charge in [0.05, 0.1) is 11.4 Å². The first-order valence-corrected chi connectivity index (χ1v) is 9.20. The van der Waals surface area contributed by atoms with E-state index in [1.165, 1.54) is 0 Å². The molecule has 0 aliphatic rings. The summed E-state index contributed by atoms with van der Waals surface area (Å²) in [6.45, 7) is 12.6. The number of benzene rings is 2. The summed E-state index contributed by atoms with van der Waals surface area (Å²) in [5.74, 6) is 0.603. The van der Waals surface area contributed by atoms with Crippen LogP contribution in [0.25, 0.3) is 16.9 Å². The fourth-order valence-electron chi connectivity index (χ4n) is 3.15. The normalized spacial score (nSPS) is 12.4. The average molecular weight is 364 g/mol. The fraction of sp³-hybridized carbons (Fsp3) is 0.348. The molecule has 0 atom stereocenters. The van der Waals surface area contributed by atoms with Gasteiger partial charge >= 0.3 is 0 Å². The molecule has 2 aromatic carbocycles. The van der Waals surface area contributed by atoms with Gasteiger partial charge in [0, 0.05) is 22.9 Å². The molecule has 3 aromatic rings. The third kappa shape index (κ3) is 3.85. The fourth-order valence-corrected chi connectivity index (χ4v) is 3.15. The van der Waals surface area contributed by atoms with E-state index in [-0.39, 0.29) is 16.6 Å². The van der Waals surface area contributed by atoms with Crippen molar-refractivity contribution in [3.05, 3.63) is 59.8 Å². The van der Waals surface area contributed by atoms with E-state index < -0.39 is 0 Å². The molecule has 0 fully saturated rings. The molecule has 0 saturated carbocycles. The summed E-state index contributed by atoms with van der Waals surface area (Å²) in [5, 5.41) is 25.1. The van der Waals surface area contributed by atoms with Crippen LogP contribution < -0.4 is 0 Å². The third-order valence-electron chi connectivity index (χ3n) is 4.73. The SMILES string of the molecule is CC(C)(C)c1cc(-n2ccc(-c3ccc(O)cc3)n2)cc(C(C)(C)C)c1O. The van der Waals surface area contributed by atoms with Crippen molar-refractivity contribution in [3.63, 3.8) is 0 Å². The van der Waals surface area contributed by atoms with Gasteiger partial charge in [-0.3, -0.25) is 0 Å². The lowest BCUT2D eigenvalue weighted by atomic mass is 9.79. The second kappa shape index (κ2) is 6.45. The molecule has 2 N–H and O–H groups in total. The summed E-state index contributed by atoms with van der Waals surface area (Å²) in [6.07, 6.45) is 1.92. The van der Waals surface area contributed by atoms with Crippen LogP contribution in [0.4, 0.5) is 0 Å². The number of rotatable bonds is 2. The molecule has 0 bridgehead atoms. The number of aromatic nitrogens is 2. The Morgan fingerprint density at radius 3 is 1.78 bits per heavy atom. The highest BCUT2D eigenvalue weighted by Crippen LogP contribution is 2.40. The Bertz CT molecular complexity index is 920. The minimum absolute atomic E-state index is 0.187. The maximum Gasteiger partial charge on any atom is 0.123 e. The van der Waals surface area contributed by atoms with E-state index in [0.717, 1.165) is 28.1 Å². The summed E-state index contributed by atoms with van der Waals surface area (Å²) in [4.78, 5) is 0. The Labute approximate surface area is 161 Å². The molecule has 0 saturated heterocycles. The van der Waals surface area contributed by atoms with E-state index in [4.69, 9.17) is 5.10 Å². The molecular weight excluding hydrogens is 336 g/mol. The minimum Gasteiger partial charge on any atom is -0.508 e. The van der Waals surface area contributed by atoms with Gasteiger partial charge in [0.2, 0.25) is 0 Å². The summed E-state index contributed by atoms with van der Waals surface area (Å²) < 4.78 is 1.84. The Hall–Kier alpha value is -2.75. The van der Waals surface area contributed by atoms with Crippen molar-refractivity contribution in [2.45, 2.75) is 52.4 Å². The Balaban J connectivity index is 2.13. The van der Waals surface area contributed by atoms with Gasteiger partial charge in [0.25, 0.3) is 0 Å². The molecule has 4 nitrogen and oxygen atoms in total. The second-order valence-electron chi connectivity index (χ2n) is 9.08. The van der Waals surface area contributed by atoms with Gasteiger partial charge in [-0.1, -0.05) is 41.5 Å². The lowest BCUT2D eigenvalue weighted by molar-refractivity contribution is 0.423. The van der Waals surface area contributed by atoms with E-state index in [0.29, 0.717) is 5.75 Å². The topological polar surface area (TPSA) is 58.3 Å². The van der Waals surface area contributed by atoms with Crippen molar-refractivity contribution >= 4 is 0 Å². The van der Waals surface area contributed by atoms with E-state index in [1.807, 2.05) is 41.2 Å². The number of phenolic OH excluding ortho intramolecular Hbond substituents is 2. The molecule has 27 heavy (non-hydrogen) atoms. The van der Waals surface area contributed by atoms with Crippen LogP contribution in [0.5, 0.6) is 11.5 Å². The van der Waals surface area contributed by atoms with Crippen LogP contribution in [-0.4, -0.2) is 20.0 Å². The van der Waals surface area contributed by atoms with Crippen molar-refractivity contribution in [2.75, 3.05) is 0 Å². The maximum atomic E-state index is 10.9. The Morgan fingerprint density at radius 2 is 1.30 bits per heavy atom. The van der Waals surface area contributed by atoms with Crippen molar-refractivity contribution in [1.29, 1.82) is 0 Å². The van der Waals surface area contributed by atoms with Gasteiger partial charge in [-0.25, -0.2) is 4.68 Å². The van der Waals surface area contributed by atoms with Crippen molar-refractivity contribution in [1.82, 2.24) is 9.78 Å². The molecule has 0 aliphatic heterocycles. The molecule has 0 unspecified atom stereocenters. The first kappa shape index (κ1) is 19.0. The van der Waals surface area contributed by atoms with E-state index in [2.05, 4.69) is 41.5 Å². The lowest BCUT2D eigenvalue weighted by Crippen LogP contribution is -2.18. The molecule has 1 aromatic heterocycles. The predicted molar refractivity (Wildman–Crippen MR) is 110 cm³/mol. The molecule has 0 radical (unpaired) electrons. The molecule has 3 rings (SSSR count). The number of aromatic hydroxyl groups is 2. The van der Waals surface area contributed by atoms with E-state index >= 15 is 0 Å². The van der Waals surface area contributed by atoms with Crippen LogP contribution in [0, 0.1) is 0 Å². The van der Waals surface area contributed by atoms with Crippen molar-refractivity contribution in [2.24, 2.45) is 0 Å². The smallest absolute Gasteiger partial charge is 0.123 e. The number of phenols is 2. The largest absolute Gasteiger partial charge is 0.508 e. The molecule has 4 heteroatoms. The average Bonchev–Trinajstić information content (AvgIpc) is 3.03. The summed E-state index contributed by atoms with van der Waals surface area (Å²) in [6, 6.07) is 13.0. The Kier molecular flexibility index (Phi) is 4.54. The standard InChI is InChI=1S/C23H28N2O2/c1-22(2,3)18-13-16(14-19(21(18)27)23(4,5)6)25-12-11-20(24-25)15-7-9-17(26)10-8-15/h7-14,26-27H,1-6H3. The first-order chi connectivity index (χ1) is 12.5. The number of hydrogen-bond acceptors (Lipinski definition) is 3. The van der Waals surface area contributed by atoms with Crippen LogP contribution in [0.15, 0.2) is 48.7 Å².